The number of nitrogens with zero attached hydrogens (tertiary/aromatic N) is 2. The topological polar surface area (TPSA) is 27.6 Å². The zero-order chi connectivity index (χ0) is 12.7. The van der Waals surface area contributed by atoms with Crippen LogP contribution in [0.25, 0.3) is 0 Å². The number of thioether (sulfide) groups is 1. The van der Waals surface area contributed by atoms with Crippen LogP contribution < -0.4 is 5.32 Å². The molecule has 1 unspecified atom stereocenters. The molecule has 0 spiro atoms. The Bertz CT molecular complexity index is 237. The van der Waals surface area contributed by atoms with Crippen LogP contribution in [0.2, 0.25) is 0 Å². The lowest BCUT2D eigenvalue weighted by atomic mass is 10.1. The zero-order valence-corrected chi connectivity index (χ0v) is 12.5. The smallest absolute Gasteiger partial charge is 0.156 e. The molecule has 0 fully saturated rings. The van der Waals surface area contributed by atoms with Crippen molar-refractivity contribution in [2.75, 3.05) is 32.7 Å². The van der Waals surface area contributed by atoms with Gasteiger partial charge >= 0.3 is 0 Å². The molecule has 1 heterocycles. The van der Waals surface area contributed by atoms with Crippen LogP contribution in [0.15, 0.2) is 4.99 Å². The van der Waals surface area contributed by atoms with Gasteiger partial charge in [0, 0.05) is 18.3 Å². The van der Waals surface area contributed by atoms with Crippen molar-refractivity contribution in [1.29, 1.82) is 0 Å². The van der Waals surface area contributed by atoms with Crippen molar-refractivity contribution in [2.24, 2.45) is 10.9 Å². The van der Waals surface area contributed by atoms with E-state index in [4.69, 9.17) is 0 Å². The highest BCUT2D eigenvalue weighted by Gasteiger charge is 2.20. The molecule has 0 aromatic heterocycles. The van der Waals surface area contributed by atoms with Gasteiger partial charge in [-0.15, -0.1) is 0 Å². The third-order valence-corrected chi connectivity index (χ3v) is 4.22. The second-order valence-electron chi connectivity index (χ2n) is 4.97. The number of hydrogen-bond donors (Lipinski definition) is 1. The number of nitrogens with one attached hydrogen (secondary N) is 1. The van der Waals surface area contributed by atoms with Crippen molar-refractivity contribution in [2.45, 2.75) is 39.4 Å². The highest BCUT2D eigenvalue weighted by Crippen LogP contribution is 2.25. The highest BCUT2D eigenvalue weighted by atomic mass is 32.2. The van der Waals surface area contributed by atoms with Crippen molar-refractivity contribution < 1.29 is 0 Å². The van der Waals surface area contributed by atoms with Crippen LogP contribution in [-0.4, -0.2) is 48.0 Å². The van der Waals surface area contributed by atoms with E-state index in [1.807, 2.05) is 11.8 Å². The molecule has 1 aliphatic heterocycles. The van der Waals surface area contributed by atoms with Crippen molar-refractivity contribution in [3.63, 3.8) is 0 Å². The largest absolute Gasteiger partial charge is 0.364 e. The summed E-state index contributed by atoms with van der Waals surface area (Å²) in [6.45, 7) is 14.4. The van der Waals surface area contributed by atoms with E-state index in [9.17, 15) is 0 Å². The Labute approximate surface area is 110 Å². The van der Waals surface area contributed by atoms with Crippen molar-refractivity contribution >= 4 is 16.9 Å². The molecule has 0 bridgehead atoms. The fourth-order valence-corrected chi connectivity index (χ4v) is 3.30. The maximum atomic E-state index is 4.57. The predicted octanol–water partition coefficient (Wildman–Crippen LogP) is 2.44. The summed E-state index contributed by atoms with van der Waals surface area (Å²) in [5.74, 6) is 0.776. The zero-order valence-electron chi connectivity index (χ0n) is 11.7. The van der Waals surface area contributed by atoms with E-state index in [1.54, 1.807) is 0 Å². The average Bonchev–Trinajstić information content (AvgIpc) is 2.71. The van der Waals surface area contributed by atoms with Crippen LogP contribution in [0.4, 0.5) is 0 Å². The average molecular weight is 257 g/mol. The molecule has 3 nitrogen and oxygen atoms in total. The van der Waals surface area contributed by atoms with Crippen LogP contribution in [-0.2, 0) is 0 Å². The van der Waals surface area contributed by atoms with Gasteiger partial charge in [-0.1, -0.05) is 39.5 Å². The first kappa shape index (κ1) is 14.8. The van der Waals surface area contributed by atoms with Gasteiger partial charge in [0.25, 0.3) is 0 Å². The van der Waals surface area contributed by atoms with E-state index in [0.29, 0.717) is 5.25 Å². The molecular weight excluding hydrogens is 230 g/mol. The van der Waals surface area contributed by atoms with E-state index in [0.717, 1.165) is 43.8 Å². The van der Waals surface area contributed by atoms with Crippen LogP contribution in [0, 0.1) is 5.92 Å². The van der Waals surface area contributed by atoms with Gasteiger partial charge in [-0.05, 0) is 25.4 Å². The quantitative estimate of drug-likeness (QED) is 0.759. The molecule has 4 heteroatoms. The molecule has 0 amide bonds. The number of rotatable bonds is 7. The minimum absolute atomic E-state index is 0.700. The Balaban J connectivity index is 2.13. The normalized spacial score (nSPS) is 20.1. The molecule has 1 aliphatic rings. The Morgan fingerprint density at radius 2 is 2.12 bits per heavy atom. The van der Waals surface area contributed by atoms with E-state index >= 15 is 0 Å². The minimum atomic E-state index is 0.700. The second-order valence-corrected chi connectivity index (χ2v) is 6.26. The number of hydrogen-bond acceptors (Lipinski definition) is 4. The summed E-state index contributed by atoms with van der Waals surface area (Å²) in [7, 11) is 0. The number of likely N-dealkylation sites (N-methyl/N-ethyl adjacent to an activating group) is 1. The SMILES string of the molecule is CCN(CC)CCNC1=NCC(CC(C)C)S1. The monoisotopic (exact) mass is 257 g/mol. The summed E-state index contributed by atoms with van der Waals surface area (Å²) in [4.78, 5) is 7.00. The summed E-state index contributed by atoms with van der Waals surface area (Å²) in [6, 6.07) is 0. The first-order valence-corrected chi connectivity index (χ1v) is 7.71. The third-order valence-electron chi connectivity index (χ3n) is 3.05. The Hall–Kier alpha value is -0.220. The molecule has 17 heavy (non-hydrogen) atoms. The molecule has 0 saturated heterocycles. The number of amidine groups is 1. The van der Waals surface area contributed by atoms with Crippen molar-refractivity contribution in [3.8, 4) is 0 Å². The maximum absolute atomic E-state index is 4.57. The lowest BCUT2D eigenvalue weighted by Gasteiger charge is -2.18. The first-order chi connectivity index (χ1) is 8.15. The molecule has 0 saturated carbocycles. The van der Waals surface area contributed by atoms with Crippen molar-refractivity contribution in [1.82, 2.24) is 10.2 Å². The van der Waals surface area contributed by atoms with Crippen LogP contribution in [0.5, 0.6) is 0 Å². The summed E-state index contributed by atoms with van der Waals surface area (Å²) in [5.41, 5.74) is 0. The van der Waals surface area contributed by atoms with E-state index in [1.165, 1.54) is 6.42 Å². The summed E-state index contributed by atoms with van der Waals surface area (Å²) < 4.78 is 0. The molecule has 0 aliphatic carbocycles. The van der Waals surface area contributed by atoms with Gasteiger partial charge < -0.3 is 10.2 Å². The van der Waals surface area contributed by atoms with Gasteiger partial charge in [-0.2, -0.15) is 0 Å². The van der Waals surface area contributed by atoms with Gasteiger partial charge in [-0.25, -0.2) is 0 Å². The Morgan fingerprint density at radius 1 is 1.41 bits per heavy atom. The van der Waals surface area contributed by atoms with Gasteiger partial charge in [0.05, 0.1) is 6.54 Å². The standard InChI is InChI=1S/C13H27N3S/c1-5-16(6-2)8-7-14-13-15-10-12(17-13)9-11(3)4/h11-12H,5-10H2,1-4H3,(H,14,15). The fourth-order valence-electron chi connectivity index (χ4n) is 2.02. The van der Waals surface area contributed by atoms with Gasteiger partial charge in [-0.3, -0.25) is 4.99 Å². The molecule has 0 aromatic rings. The molecule has 100 valence electrons. The van der Waals surface area contributed by atoms with Crippen LogP contribution >= 0.6 is 11.8 Å². The molecule has 0 radical (unpaired) electrons. The highest BCUT2D eigenvalue weighted by molar-refractivity contribution is 8.14. The minimum Gasteiger partial charge on any atom is -0.364 e. The lowest BCUT2D eigenvalue weighted by Crippen LogP contribution is -2.33. The summed E-state index contributed by atoms with van der Waals surface area (Å²) in [5, 5.41) is 5.31. The van der Waals surface area contributed by atoms with Crippen LogP contribution in [0.1, 0.15) is 34.1 Å². The summed E-state index contributed by atoms with van der Waals surface area (Å²) >= 11 is 1.93. The Morgan fingerprint density at radius 3 is 2.71 bits per heavy atom. The third kappa shape index (κ3) is 5.77. The number of aliphatic imine (C=N–C) groups is 1. The lowest BCUT2D eigenvalue weighted by molar-refractivity contribution is 0.309. The Kier molecular flexibility index (Phi) is 6.97. The fraction of sp³-hybridized carbons (Fsp3) is 0.923. The molecular formula is C13H27N3S. The summed E-state index contributed by atoms with van der Waals surface area (Å²) in [6.07, 6.45) is 1.27. The second kappa shape index (κ2) is 7.98. The molecule has 1 N–H and O–H groups in total. The maximum Gasteiger partial charge on any atom is 0.156 e. The van der Waals surface area contributed by atoms with Gasteiger partial charge in [0.2, 0.25) is 0 Å². The first-order valence-electron chi connectivity index (χ1n) is 6.83. The van der Waals surface area contributed by atoms with E-state index in [2.05, 4.69) is 42.9 Å². The van der Waals surface area contributed by atoms with Crippen molar-refractivity contribution in [3.05, 3.63) is 0 Å². The predicted molar refractivity (Wildman–Crippen MR) is 78.9 cm³/mol. The molecule has 1 atom stereocenters. The van der Waals surface area contributed by atoms with Gasteiger partial charge in [0.1, 0.15) is 0 Å². The van der Waals surface area contributed by atoms with E-state index in [-0.39, 0.29) is 0 Å². The molecule has 0 aromatic carbocycles. The van der Waals surface area contributed by atoms with E-state index < -0.39 is 0 Å². The van der Waals surface area contributed by atoms with Crippen LogP contribution in [0.3, 0.4) is 0 Å². The van der Waals surface area contributed by atoms with Gasteiger partial charge in [0.15, 0.2) is 5.17 Å². The molecule has 1 rings (SSSR count).